The van der Waals surface area contributed by atoms with Gasteiger partial charge >= 0.3 is 0 Å². The number of hydrogen-bond donors (Lipinski definition) is 1. The molecule has 1 fully saturated rings. The number of morpholine rings is 1. The molecule has 0 radical (unpaired) electrons. The van der Waals surface area contributed by atoms with Gasteiger partial charge in [-0.1, -0.05) is 18.6 Å². The molecule has 1 saturated heterocycles. The molecule has 1 aromatic carbocycles. The third kappa shape index (κ3) is 4.34. The highest BCUT2D eigenvalue weighted by Crippen LogP contribution is 2.33. The Balaban J connectivity index is 1.93. The van der Waals surface area contributed by atoms with Crippen LogP contribution in [0.25, 0.3) is 5.57 Å². The third-order valence-electron chi connectivity index (χ3n) is 6.10. The minimum absolute atomic E-state index is 0.0128. The Kier molecular flexibility index (Phi) is 6.46. The molecular formula is C24H33BN2O3. The van der Waals surface area contributed by atoms with Gasteiger partial charge < -0.3 is 19.7 Å². The van der Waals surface area contributed by atoms with E-state index >= 15 is 0 Å². The summed E-state index contributed by atoms with van der Waals surface area (Å²) in [6, 6.07) is 4.30. The normalized spacial score (nSPS) is 17.7. The molecule has 5 nitrogen and oxygen atoms in total. The molecule has 3 rings (SSSR count). The molecular weight excluding hydrogens is 375 g/mol. The number of nitrogens with one attached hydrogen (secondary N) is 1. The first-order chi connectivity index (χ1) is 14.2. The van der Waals surface area contributed by atoms with Gasteiger partial charge in [0.15, 0.2) is 7.28 Å². The summed E-state index contributed by atoms with van der Waals surface area (Å²) in [5, 5.41) is 3.28. The monoisotopic (exact) mass is 408 g/mol. The van der Waals surface area contributed by atoms with Crippen molar-refractivity contribution < 1.29 is 14.3 Å². The van der Waals surface area contributed by atoms with Crippen LogP contribution in [-0.4, -0.2) is 50.5 Å². The number of carbonyl (C=O) groups excluding carboxylic acids is 1. The summed E-state index contributed by atoms with van der Waals surface area (Å²) in [6.45, 7) is 18.6. The highest BCUT2D eigenvalue weighted by atomic mass is 16.5. The number of benzene rings is 1. The van der Waals surface area contributed by atoms with Gasteiger partial charge in [-0.25, -0.2) is 0 Å². The zero-order valence-electron chi connectivity index (χ0n) is 19.0. The summed E-state index contributed by atoms with van der Waals surface area (Å²) >= 11 is 0. The van der Waals surface area contributed by atoms with Crippen LogP contribution in [-0.2, 0) is 16.1 Å². The van der Waals surface area contributed by atoms with Gasteiger partial charge in [-0.2, -0.15) is 0 Å². The van der Waals surface area contributed by atoms with Gasteiger partial charge in [-0.05, 0) is 62.9 Å². The van der Waals surface area contributed by atoms with Crippen molar-refractivity contribution in [1.82, 2.24) is 10.2 Å². The Morgan fingerprint density at radius 3 is 2.73 bits per heavy atom. The molecule has 6 heteroatoms. The number of hydrogen-bond acceptors (Lipinski definition) is 4. The predicted octanol–water partition coefficient (Wildman–Crippen LogP) is 2.78. The second-order valence-electron chi connectivity index (χ2n) is 8.86. The molecule has 0 saturated carbocycles. The van der Waals surface area contributed by atoms with Crippen LogP contribution in [0.1, 0.15) is 38.8 Å². The van der Waals surface area contributed by atoms with Crippen LogP contribution in [0.15, 0.2) is 42.1 Å². The quantitative estimate of drug-likeness (QED) is 0.581. The molecule has 1 amide bonds. The summed E-state index contributed by atoms with van der Waals surface area (Å²) in [5.74, 6) is 0.891. The molecule has 2 aliphatic heterocycles. The summed E-state index contributed by atoms with van der Waals surface area (Å²) in [4.78, 5) is 15.2. The maximum Gasteiger partial charge on any atom is 0.254 e. The lowest BCUT2D eigenvalue weighted by Crippen LogP contribution is -2.56. The Morgan fingerprint density at radius 1 is 1.37 bits per heavy atom. The molecule has 30 heavy (non-hydrogen) atoms. The maximum absolute atomic E-state index is 13.3. The van der Waals surface area contributed by atoms with Crippen LogP contribution in [0.3, 0.4) is 0 Å². The van der Waals surface area contributed by atoms with Gasteiger partial charge in [-0.15, -0.1) is 0 Å². The second-order valence-corrected chi connectivity index (χ2v) is 8.86. The number of allylic oxidation sites excluding steroid dienone is 2. The van der Waals surface area contributed by atoms with Crippen molar-refractivity contribution >= 4 is 24.2 Å². The molecule has 0 spiro atoms. The summed E-state index contributed by atoms with van der Waals surface area (Å²) in [5.41, 5.74) is 6.86. The van der Waals surface area contributed by atoms with Gasteiger partial charge in [-0.3, -0.25) is 4.79 Å². The zero-order chi connectivity index (χ0) is 22.1. The van der Waals surface area contributed by atoms with Crippen LogP contribution >= 0.6 is 0 Å². The van der Waals surface area contributed by atoms with E-state index in [1.165, 1.54) is 11.0 Å². The number of carbonyl (C=O) groups is 1. The van der Waals surface area contributed by atoms with Crippen molar-refractivity contribution in [1.29, 1.82) is 0 Å². The molecule has 0 aliphatic carbocycles. The molecule has 0 atom stereocenters. The highest BCUT2D eigenvalue weighted by molar-refractivity contribution is 6.57. The zero-order valence-corrected chi connectivity index (χ0v) is 19.0. The molecule has 1 aromatic rings. The van der Waals surface area contributed by atoms with Gasteiger partial charge in [0.2, 0.25) is 0 Å². The first kappa shape index (κ1) is 22.2. The Labute approximate surface area is 181 Å². The van der Waals surface area contributed by atoms with Crippen molar-refractivity contribution in [2.45, 2.75) is 46.1 Å². The summed E-state index contributed by atoms with van der Waals surface area (Å²) in [7, 11) is 2.57. The van der Waals surface area contributed by atoms with Crippen LogP contribution in [0, 0.1) is 0 Å². The Morgan fingerprint density at radius 2 is 2.10 bits per heavy atom. The van der Waals surface area contributed by atoms with E-state index < -0.39 is 0 Å². The number of fused-ring (bicyclic) bond motifs is 1. The lowest BCUT2D eigenvalue weighted by molar-refractivity contribution is -0.141. The largest absolute Gasteiger partial charge is 0.496 e. The lowest BCUT2D eigenvalue weighted by atomic mass is 9.57. The number of nitrogens with zero attached hydrogens (tertiary/aromatic N) is 1. The van der Waals surface area contributed by atoms with E-state index in [1.807, 2.05) is 25.7 Å². The van der Waals surface area contributed by atoms with Crippen LogP contribution in [0.2, 0.25) is 6.32 Å². The van der Waals surface area contributed by atoms with Gasteiger partial charge in [0.25, 0.3) is 5.91 Å². The molecule has 0 bridgehead atoms. The van der Waals surface area contributed by atoms with E-state index in [1.54, 1.807) is 7.11 Å². The van der Waals surface area contributed by atoms with E-state index in [-0.39, 0.29) is 11.4 Å². The average Bonchev–Trinajstić information content (AvgIpc) is 2.70. The van der Waals surface area contributed by atoms with Gasteiger partial charge in [0.1, 0.15) is 5.75 Å². The smallest absolute Gasteiger partial charge is 0.254 e. The SMILES string of the molecule is C=C(C)NCc1cc2c(cc1OC)BCC(C(=C)C(=O)N1CCOCC1(C)C)=C2C. The van der Waals surface area contributed by atoms with E-state index in [9.17, 15) is 4.79 Å². The minimum Gasteiger partial charge on any atom is -0.496 e. The first-order valence-electron chi connectivity index (χ1n) is 10.5. The standard InChI is InChI=1S/C24H33BN2O3/c1-15(2)26-13-18-10-19-16(3)20(12-25-21(19)11-22(18)29-7)17(4)23(28)27-8-9-30-14-24(27,5)6/h10-11,25-26H,1,4,8-9,12-14H2,2-3,5-7H3. The van der Waals surface area contributed by atoms with Crippen molar-refractivity contribution in [3.05, 3.63) is 53.3 Å². The molecule has 2 heterocycles. The second kappa shape index (κ2) is 8.72. The molecule has 1 N–H and O–H groups in total. The number of ether oxygens (including phenoxy) is 2. The van der Waals surface area contributed by atoms with Crippen molar-refractivity contribution in [2.75, 3.05) is 26.9 Å². The fourth-order valence-electron chi connectivity index (χ4n) is 4.31. The van der Waals surface area contributed by atoms with E-state index in [0.717, 1.165) is 41.8 Å². The number of methoxy groups -OCH3 is 1. The molecule has 160 valence electrons. The predicted molar refractivity (Wildman–Crippen MR) is 125 cm³/mol. The van der Waals surface area contributed by atoms with Crippen molar-refractivity contribution in [2.24, 2.45) is 0 Å². The van der Waals surface area contributed by atoms with E-state index in [0.29, 0.717) is 31.9 Å². The minimum atomic E-state index is -0.325. The maximum atomic E-state index is 13.3. The molecule has 0 aromatic heterocycles. The number of amides is 1. The summed E-state index contributed by atoms with van der Waals surface area (Å²) < 4.78 is 11.2. The van der Waals surface area contributed by atoms with Crippen LogP contribution < -0.4 is 15.5 Å². The van der Waals surface area contributed by atoms with Crippen LogP contribution in [0.5, 0.6) is 5.75 Å². The van der Waals surface area contributed by atoms with Gasteiger partial charge in [0, 0.05) is 29.9 Å². The van der Waals surface area contributed by atoms with Gasteiger partial charge in [0.05, 0.1) is 25.9 Å². The van der Waals surface area contributed by atoms with E-state index in [4.69, 9.17) is 9.47 Å². The summed E-state index contributed by atoms with van der Waals surface area (Å²) in [6.07, 6.45) is 0.806. The fraction of sp³-hybridized carbons (Fsp3) is 0.458. The van der Waals surface area contributed by atoms with Crippen LogP contribution in [0.4, 0.5) is 0 Å². The topological polar surface area (TPSA) is 50.8 Å². The average molecular weight is 408 g/mol. The molecule has 0 unspecified atom stereocenters. The highest BCUT2D eigenvalue weighted by Gasteiger charge is 2.36. The molecule has 2 aliphatic rings. The number of rotatable bonds is 6. The van der Waals surface area contributed by atoms with E-state index in [2.05, 4.69) is 37.5 Å². The Bertz CT molecular complexity index is 917. The fourth-order valence-corrected chi connectivity index (χ4v) is 4.31. The first-order valence-corrected chi connectivity index (χ1v) is 10.5. The Hall–Kier alpha value is -2.47. The third-order valence-corrected chi connectivity index (χ3v) is 6.10. The lowest BCUT2D eigenvalue weighted by Gasteiger charge is -2.42. The van der Waals surface area contributed by atoms with Crippen molar-refractivity contribution in [3.8, 4) is 5.75 Å². The van der Waals surface area contributed by atoms with Crippen molar-refractivity contribution in [3.63, 3.8) is 0 Å².